The van der Waals surface area contributed by atoms with Crippen molar-refractivity contribution >= 4 is 45.8 Å². The molecule has 0 spiro atoms. The predicted octanol–water partition coefficient (Wildman–Crippen LogP) is 5.63. The normalized spacial score (nSPS) is 12.8. The summed E-state index contributed by atoms with van der Waals surface area (Å²) in [5, 5.41) is 1.04. The van der Waals surface area contributed by atoms with Gasteiger partial charge in [0, 0.05) is 10.7 Å². The third-order valence-electron chi connectivity index (χ3n) is 3.08. The van der Waals surface area contributed by atoms with Gasteiger partial charge in [0.15, 0.2) is 0 Å². The Kier molecular flexibility index (Phi) is 3.63. The van der Waals surface area contributed by atoms with Crippen LogP contribution in [0.1, 0.15) is 18.1 Å². The number of para-hydroxylation sites is 1. The zero-order valence-corrected chi connectivity index (χ0v) is 12.9. The predicted molar refractivity (Wildman–Crippen MR) is 85.4 cm³/mol. The van der Waals surface area contributed by atoms with E-state index in [1.165, 1.54) is 0 Å². The van der Waals surface area contributed by atoms with E-state index >= 15 is 0 Å². The van der Waals surface area contributed by atoms with Crippen molar-refractivity contribution < 1.29 is 0 Å². The molecule has 1 unspecified atom stereocenters. The van der Waals surface area contributed by atoms with Gasteiger partial charge in [-0.3, -0.25) is 4.57 Å². The molecule has 20 heavy (non-hydrogen) atoms. The van der Waals surface area contributed by atoms with Crippen molar-refractivity contribution in [2.45, 2.75) is 12.3 Å². The van der Waals surface area contributed by atoms with E-state index in [0.29, 0.717) is 10.0 Å². The van der Waals surface area contributed by atoms with E-state index in [0.717, 1.165) is 22.5 Å². The highest BCUT2D eigenvalue weighted by Gasteiger charge is 2.17. The lowest BCUT2D eigenvalue weighted by Crippen LogP contribution is -2.01. The van der Waals surface area contributed by atoms with Crippen LogP contribution in [0.15, 0.2) is 42.5 Å². The largest absolute Gasteiger partial charge is 0.295 e. The number of halogens is 3. The minimum absolute atomic E-state index is 0.238. The van der Waals surface area contributed by atoms with Crippen LogP contribution in [0.25, 0.3) is 16.7 Å². The van der Waals surface area contributed by atoms with E-state index in [1.54, 1.807) is 0 Å². The summed E-state index contributed by atoms with van der Waals surface area (Å²) in [5.41, 5.74) is 2.59. The zero-order valence-electron chi connectivity index (χ0n) is 10.6. The monoisotopic (exact) mass is 324 g/mol. The van der Waals surface area contributed by atoms with Gasteiger partial charge in [-0.05, 0) is 37.3 Å². The van der Waals surface area contributed by atoms with Crippen molar-refractivity contribution in [1.29, 1.82) is 0 Å². The first-order chi connectivity index (χ1) is 9.58. The standard InChI is InChI=1S/C15H11Cl3N2/c1-9(16)15-19-14-12(18)6-3-7-13(14)20(15)11-5-2-4-10(17)8-11/h2-9H,1H3. The van der Waals surface area contributed by atoms with E-state index in [4.69, 9.17) is 34.8 Å². The summed E-state index contributed by atoms with van der Waals surface area (Å²) < 4.78 is 1.99. The Balaban J connectivity index is 2.38. The molecule has 3 aromatic rings. The van der Waals surface area contributed by atoms with Crippen LogP contribution in [0, 0.1) is 0 Å². The molecule has 2 nitrogen and oxygen atoms in total. The molecule has 1 aromatic heterocycles. The minimum atomic E-state index is -0.238. The summed E-state index contributed by atoms with van der Waals surface area (Å²) >= 11 is 18.6. The van der Waals surface area contributed by atoms with E-state index < -0.39 is 0 Å². The molecule has 2 aromatic carbocycles. The third-order valence-corrected chi connectivity index (χ3v) is 3.82. The SMILES string of the molecule is CC(Cl)c1nc2c(Cl)cccc2n1-c1cccc(Cl)c1. The average Bonchev–Trinajstić information content (AvgIpc) is 2.80. The van der Waals surface area contributed by atoms with Gasteiger partial charge in [-0.2, -0.15) is 0 Å². The lowest BCUT2D eigenvalue weighted by Gasteiger charge is -2.10. The second-order valence-corrected chi connectivity index (χ2v) is 6.01. The topological polar surface area (TPSA) is 17.8 Å². The number of benzene rings is 2. The molecule has 0 bridgehead atoms. The van der Waals surface area contributed by atoms with Crippen molar-refractivity contribution in [3.05, 3.63) is 58.3 Å². The maximum atomic E-state index is 6.26. The molecule has 0 radical (unpaired) electrons. The van der Waals surface area contributed by atoms with Gasteiger partial charge in [-0.15, -0.1) is 11.6 Å². The second-order valence-electron chi connectivity index (χ2n) is 4.51. The Hall–Kier alpha value is -1.22. The van der Waals surface area contributed by atoms with Crippen LogP contribution < -0.4 is 0 Å². The molecule has 5 heteroatoms. The Morgan fingerprint density at radius 1 is 1.10 bits per heavy atom. The molecular formula is C15H11Cl3N2. The summed E-state index contributed by atoms with van der Waals surface area (Å²) in [6.07, 6.45) is 0. The fourth-order valence-corrected chi connectivity index (χ4v) is 2.78. The highest BCUT2D eigenvalue weighted by atomic mass is 35.5. The first kappa shape index (κ1) is 13.7. The molecule has 0 N–H and O–H groups in total. The van der Waals surface area contributed by atoms with Gasteiger partial charge in [-0.1, -0.05) is 35.3 Å². The van der Waals surface area contributed by atoms with Crippen LogP contribution in [0.2, 0.25) is 10.0 Å². The Morgan fingerprint density at radius 3 is 2.55 bits per heavy atom. The number of nitrogens with zero attached hydrogens (tertiary/aromatic N) is 2. The highest BCUT2D eigenvalue weighted by Crippen LogP contribution is 2.31. The van der Waals surface area contributed by atoms with Crippen LogP contribution in [0.5, 0.6) is 0 Å². The average molecular weight is 326 g/mol. The number of fused-ring (bicyclic) bond motifs is 1. The first-order valence-corrected chi connectivity index (χ1v) is 7.34. The zero-order chi connectivity index (χ0) is 14.3. The van der Waals surface area contributed by atoms with Crippen LogP contribution in [-0.4, -0.2) is 9.55 Å². The molecule has 0 saturated heterocycles. The van der Waals surface area contributed by atoms with Crippen LogP contribution in [0.4, 0.5) is 0 Å². The molecule has 0 amide bonds. The number of hydrogen-bond donors (Lipinski definition) is 0. The first-order valence-electron chi connectivity index (χ1n) is 6.15. The van der Waals surface area contributed by atoms with E-state index in [1.807, 2.05) is 54.0 Å². The molecule has 0 saturated carbocycles. The third kappa shape index (κ3) is 2.28. The Labute approximate surface area is 131 Å². The van der Waals surface area contributed by atoms with Crippen LogP contribution >= 0.6 is 34.8 Å². The Morgan fingerprint density at radius 2 is 1.85 bits per heavy atom. The van der Waals surface area contributed by atoms with Crippen LogP contribution in [-0.2, 0) is 0 Å². The number of rotatable bonds is 2. The number of hydrogen-bond acceptors (Lipinski definition) is 1. The van der Waals surface area contributed by atoms with E-state index in [-0.39, 0.29) is 5.38 Å². The maximum absolute atomic E-state index is 6.26. The second kappa shape index (κ2) is 5.28. The van der Waals surface area contributed by atoms with E-state index in [2.05, 4.69) is 4.98 Å². The van der Waals surface area contributed by atoms with Gasteiger partial charge in [0.2, 0.25) is 0 Å². The number of imidazole rings is 1. The van der Waals surface area contributed by atoms with Gasteiger partial charge < -0.3 is 0 Å². The lowest BCUT2D eigenvalue weighted by molar-refractivity contribution is 0.882. The van der Waals surface area contributed by atoms with Crippen LogP contribution in [0.3, 0.4) is 0 Å². The fourth-order valence-electron chi connectivity index (χ4n) is 2.24. The highest BCUT2D eigenvalue weighted by molar-refractivity contribution is 6.35. The molecule has 0 aliphatic rings. The summed E-state index contributed by atoms with van der Waals surface area (Å²) in [4.78, 5) is 4.57. The molecule has 0 aliphatic carbocycles. The van der Waals surface area contributed by atoms with Crippen molar-refractivity contribution in [3.8, 4) is 5.69 Å². The number of alkyl halides is 1. The molecule has 102 valence electrons. The molecule has 1 atom stereocenters. The van der Waals surface area contributed by atoms with Crippen molar-refractivity contribution in [1.82, 2.24) is 9.55 Å². The molecular weight excluding hydrogens is 315 g/mol. The van der Waals surface area contributed by atoms with Crippen molar-refractivity contribution in [2.75, 3.05) is 0 Å². The molecule has 0 fully saturated rings. The fraction of sp³-hybridized carbons (Fsp3) is 0.133. The lowest BCUT2D eigenvalue weighted by atomic mass is 10.2. The van der Waals surface area contributed by atoms with E-state index in [9.17, 15) is 0 Å². The molecule has 3 rings (SSSR count). The van der Waals surface area contributed by atoms with Gasteiger partial charge in [-0.25, -0.2) is 4.98 Å². The van der Waals surface area contributed by atoms with Gasteiger partial charge in [0.1, 0.15) is 11.3 Å². The molecule has 0 aliphatic heterocycles. The maximum Gasteiger partial charge on any atom is 0.132 e. The summed E-state index contributed by atoms with van der Waals surface area (Å²) in [7, 11) is 0. The summed E-state index contributed by atoms with van der Waals surface area (Å²) in [5.74, 6) is 0.747. The van der Waals surface area contributed by atoms with Crippen molar-refractivity contribution in [2.24, 2.45) is 0 Å². The van der Waals surface area contributed by atoms with Crippen molar-refractivity contribution in [3.63, 3.8) is 0 Å². The van der Waals surface area contributed by atoms with Gasteiger partial charge in [0.05, 0.1) is 15.9 Å². The quantitative estimate of drug-likeness (QED) is 0.558. The summed E-state index contributed by atoms with van der Waals surface area (Å²) in [6.45, 7) is 1.89. The smallest absolute Gasteiger partial charge is 0.132 e. The summed E-state index contributed by atoms with van der Waals surface area (Å²) in [6, 6.07) is 13.3. The Bertz CT molecular complexity index is 778. The molecule has 1 heterocycles. The number of aromatic nitrogens is 2. The minimum Gasteiger partial charge on any atom is -0.295 e. The van der Waals surface area contributed by atoms with Gasteiger partial charge >= 0.3 is 0 Å². The van der Waals surface area contributed by atoms with Gasteiger partial charge in [0.25, 0.3) is 0 Å².